The monoisotopic (exact) mass is 422 g/mol. The summed E-state index contributed by atoms with van der Waals surface area (Å²) in [6, 6.07) is 8.26. The molecule has 7 heteroatoms. The molecule has 1 spiro atoms. The standard InChI is InChI=1S/C23H17ClF2N4/c24-20-17(25)5-4-13-2-1-3-14(19(13)20)22-21(26)16-8-27-10-18(15(16)9-28-22)30-11-23(12-30)6-7-29-23/h1-5,8-10,29H,6-7,11-12H2. The number of nitrogens with one attached hydrogen (secondary N) is 1. The van der Waals surface area contributed by atoms with Crippen LogP contribution in [-0.2, 0) is 0 Å². The number of nitrogens with zero attached hydrogens (tertiary/aromatic N) is 3. The van der Waals surface area contributed by atoms with Crippen molar-refractivity contribution in [3.63, 3.8) is 0 Å². The molecular weight excluding hydrogens is 406 g/mol. The lowest BCUT2D eigenvalue weighted by molar-refractivity contribution is 0.160. The van der Waals surface area contributed by atoms with Crippen molar-refractivity contribution in [2.75, 3.05) is 24.5 Å². The van der Waals surface area contributed by atoms with Crippen LogP contribution in [0.5, 0.6) is 0 Å². The second-order valence-electron chi connectivity index (χ2n) is 8.12. The average Bonchev–Trinajstić information content (AvgIpc) is 2.69. The molecule has 0 aliphatic carbocycles. The van der Waals surface area contributed by atoms with E-state index in [2.05, 4.69) is 20.2 Å². The van der Waals surface area contributed by atoms with Gasteiger partial charge in [-0.25, -0.2) is 8.78 Å². The van der Waals surface area contributed by atoms with Gasteiger partial charge in [0.2, 0.25) is 0 Å². The minimum atomic E-state index is -0.543. The van der Waals surface area contributed by atoms with Crippen LogP contribution in [0.15, 0.2) is 48.9 Å². The summed E-state index contributed by atoms with van der Waals surface area (Å²) in [5.74, 6) is -1.02. The Morgan fingerprint density at radius 3 is 2.63 bits per heavy atom. The van der Waals surface area contributed by atoms with E-state index >= 15 is 4.39 Å². The predicted octanol–water partition coefficient (Wildman–Crippen LogP) is 4.93. The van der Waals surface area contributed by atoms with Gasteiger partial charge in [0.05, 0.1) is 22.4 Å². The van der Waals surface area contributed by atoms with Crippen LogP contribution in [0.25, 0.3) is 32.8 Å². The molecule has 2 aromatic heterocycles. The quantitative estimate of drug-likeness (QED) is 0.497. The average molecular weight is 423 g/mol. The van der Waals surface area contributed by atoms with Gasteiger partial charge in [0.25, 0.3) is 0 Å². The fraction of sp³-hybridized carbons (Fsp3) is 0.217. The number of hydrogen-bond donors (Lipinski definition) is 1. The Morgan fingerprint density at radius 1 is 1.03 bits per heavy atom. The van der Waals surface area contributed by atoms with E-state index in [0.717, 1.165) is 42.5 Å². The third-order valence-electron chi connectivity index (χ3n) is 6.36. The number of hydrogen-bond acceptors (Lipinski definition) is 4. The Hall–Kier alpha value is -2.83. The first-order valence-electron chi connectivity index (χ1n) is 9.86. The van der Waals surface area contributed by atoms with Gasteiger partial charge in [-0.1, -0.05) is 35.9 Å². The van der Waals surface area contributed by atoms with E-state index < -0.39 is 11.6 Å². The Kier molecular flexibility index (Phi) is 3.80. The van der Waals surface area contributed by atoms with E-state index in [1.807, 2.05) is 6.07 Å². The minimum absolute atomic E-state index is 0.0323. The van der Waals surface area contributed by atoms with Gasteiger partial charge in [0.1, 0.15) is 11.5 Å². The van der Waals surface area contributed by atoms with Crippen molar-refractivity contribution in [3.8, 4) is 11.3 Å². The number of rotatable bonds is 2. The summed E-state index contributed by atoms with van der Waals surface area (Å²) in [6.07, 6.45) is 6.12. The fourth-order valence-corrected chi connectivity index (χ4v) is 4.91. The number of fused-ring (bicyclic) bond motifs is 2. The summed E-state index contributed by atoms with van der Waals surface area (Å²) in [6.45, 7) is 2.82. The van der Waals surface area contributed by atoms with Gasteiger partial charge < -0.3 is 10.2 Å². The highest BCUT2D eigenvalue weighted by Gasteiger charge is 2.47. The lowest BCUT2D eigenvalue weighted by atomic mass is 9.80. The van der Waals surface area contributed by atoms with Crippen molar-refractivity contribution < 1.29 is 8.78 Å². The molecule has 2 aromatic carbocycles. The molecule has 4 heterocycles. The molecule has 2 aliphatic heterocycles. The molecule has 150 valence electrons. The molecule has 0 amide bonds. The van der Waals surface area contributed by atoms with Crippen LogP contribution in [0.3, 0.4) is 0 Å². The second-order valence-corrected chi connectivity index (χ2v) is 8.50. The third-order valence-corrected chi connectivity index (χ3v) is 6.72. The lowest BCUT2D eigenvalue weighted by Crippen LogP contribution is -2.75. The first-order chi connectivity index (χ1) is 14.6. The van der Waals surface area contributed by atoms with Gasteiger partial charge in [-0.05, 0) is 24.4 Å². The second kappa shape index (κ2) is 6.33. The molecule has 0 radical (unpaired) electrons. The van der Waals surface area contributed by atoms with Crippen molar-refractivity contribution in [1.29, 1.82) is 0 Å². The van der Waals surface area contributed by atoms with E-state index in [1.54, 1.807) is 30.6 Å². The Bertz CT molecular complexity index is 1330. The summed E-state index contributed by atoms with van der Waals surface area (Å²) in [4.78, 5) is 10.9. The molecule has 1 N–H and O–H groups in total. The van der Waals surface area contributed by atoms with E-state index in [4.69, 9.17) is 11.6 Å². The van der Waals surface area contributed by atoms with Gasteiger partial charge in [0, 0.05) is 47.2 Å². The molecular formula is C23H17ClF2N4. The smallest absolute Gasteiger partial charge is 0.158 e. The van der Waals surface area contributed by atoms with E-state index in [1.165, 1.54) is 12.3 Å². The zero-order valence-corrected chi connectivity index (χ0v) is 16.7. The molecule has 30 heavy (non-hydrogen) atoms. The fourth-order valence-electron chi connectivity index (χ4n) is 4.63. The normalized spacial score (nSPS) is 17.4. The van der Waals surface area contributed by atoms with Crippen molar-refractivity contribution in [3.05, 3.63) is 65.6 Å². The van der Waals surface area contributed by atoms with Crippen LogP contribution in [0.4, 0.5) is 14.5 Å². The molecule has 2 saturated heterocycles. The highest BCUT2D eigenvalue weighted by atomic mass is 35.5. The maximum atomic E-state index is 15.6. The van der Waals surface area contributed by atoms with Crippen molar-refractivity contribution in [2.45, 2.75) is 12.0 Å². The van der Waals surface area contributed by atoms with Gasteiger partial charge in [-0.3, -0.25) is 9.97 Å². The van der Waals surface area contributed by atoms with Crippen LogP contribution in [0.2, 0.25) is 5.02 Å². The van der Waals surface area contributed by atoms with Crippen LogP contribution in [-0.4, -0.2) is 35.1 Å². The maximum Gasteiger partial charge on any atom is 0.158 e. The summed E-state index contributed by atoms with van der Waals surface area (Å²) in [7, 11) is 0. The van der Waals surface area contributed by atoms with Crippen LogP contribution in [0.1, 0.15) is 6.42 Å². The Balaban J connectivity index is 1.51. The first-order valence-corrected chi connectivity index (χ1v) is 10.2. The summed E-state index contributed by atoms with van der Waals surface area (Å²) in [5, 5.41) is 5.74. The zero-order valence-electron chi connectivity index (χ0n) is 15.9. The number of pyridine rings is 2. The molecule has 0 atom stereocenters. The molecule has 2 aliphatic rings. The minimum Gasteiger partial charge on any atom is -0.366 e. The molecule has 0 unspecified atom stereocenters. The highest BCUT2D eigenvalue weighted by Crippen LogP contribution is 2.40. The molecule has 4 nitrogen and oxygen atoms in total. The maximum absolute atomic E-state index is 15.6. The van der Waals surface area contributed by atoms with Crippen LogP contribution in [0, 0.1) is 11.6 Å². The van der Waals surface area contributed by atoms with Gasteiger partial charge in [-0.15, -0.1) is 0 Å². The number of benzene rings is 2. The van der Waals surface area contributed by atoms with Crippen molar-refractivity contribution >= 4 is 38.8 Å². The molecule has 4 aromatic rings. The van der Waals surface area contributed by atoms with E-state index in [0.29, 0.717) is 16.3 Å². The van der Waals surface area contributed by atoms with Gasteiger partial charge >= 0.3 is 0 Å². The molecule has 2 fully saturated rings. The van der Waals surface area contributed by atoms with Gasteiger partial charge in [0.15, 0.2) is 5.82 Å². The highest BCUT2D eigenvalue weighted by molar-refractivity contribution is 6.36. The van der Waals surface area contributed by atoms with Crippen molar-refractivity contribution in [2.24, 2.45) is 0 Å². The summed E-state index contributed by atoms with van der Waals surface area (Å²) in [5.41, 5.74) is 1.69. The Labute approximate surface area is 176 Å². The molecule has 0 saturated carbocycles. The van der Waals surface area contributed by atoms with Gasteiger partial charge in [-0.2, -0.15) is 0 Å². The summed E-state index contributed by atoms with van der Waals surface area (Å²) >= 11 is 6.24. The largest absolute Gasteiger partial charge is 0.366 e. The topological polar surface area (TPSA) is 41.1 Å². The van der Waals surface area contributed by atoms with Crippen molar-refractivity contribution in [1.82, 2.24) is 15.3 Å². The van der Waals surface area contributed by atoms with E-state index in [-0.39, 0.29) is 16.3 Å². The molecule has 0 bridgehead atoms. The summed E-state index contributed by atoms with van der Waals surface area (Å²) < 4.78 is 29.8. The van der Waals surface area contributed by atoms with Crippen LogP contribution < -0.4 is 10.2 Å². The molecule has 6 rings (SSSR count). The van der Waals surface area contributed by atoms with E-state index in [9.17, 15) is 4.39 Å². The Morgan fingerprint density at radius 2 is 1.87 bits per heavy atom. The van der Waals surface area contributed by atoms with Crippen LogP contribution >= 0.6 is 11.6 Å². The first kappa shape index (κ1) is 18.0. The predicted molar refractivity (Wildman–Crippen MR) is 115 cm³/mol. The number of halogens is 3. The SMILES string of the molecule is Fc1ccc2cccc(-c3ncc4c(N5CC6(CCN6)C5)cncc4c3F)c2c1Cl. The number of anilines is 1. The lowest BCUT2D eigenvalue weighted by Gasteiger charge is -2.57. The third kappa shape index (κ3) is 2.47. The zero-order chi connectivity index (χ0) is 20.5. The number of aromatic nitrogens is 2.